The molecule has 4 heteroatoms. The summed E-state index contributed by atoms with van der Waals surface area (Å²) in [5.74, 6) is 0.734. The van der Waals surface area contributed by atoms with Gasteiger partial charge in [-0.15, -0.1) is 0 Å². The van der Waals surface area contributed by atoms with Crippen molar-refractivity contribution in [3.63, 3.8) is 0 Å². The molecule has 1 rings (SSSR count). The quantitative estimate of drug-likeness (QED) is 0.718. The zero-order valence-electron chi connectivity index (χ0n) is 12.9. The topological polar surface area (TPSA) is 58.4 Å². The molecule has 112 valence electrons. The van der Waals surface area contributed by atoms with Gasteiger partial charge in [-0.1, -0.05) is 32.4 Å². The number of nitrogens with zero attached hydrogens (tertiary/aromatic N) is 1. The fraction of sp³-hybridized carbons (Fsp3) is 0.562. The molecule has 1 aromatic carbocycles. The summed E-state index contributed by atoms with van der Waals surface area (Å²) < 4.78 is 0. The third kappa shape index (κ3) is 6.06. The van der Waals surface area contributed by atoms with E-state index in [1.807, 2.05) is 18.2 Å². The number of nitrogens with two attached hydrogens (primary N) is 1. The van der Waals surface area contributed by atoms with Gasteiger partial charge in [0.15, 0.2) is 0 Å². The molecule has 0 saturated carbocycles. The second-order valence-corrected chi connectivity index (χ2v) is 5.51. The van der Waals surface area contributed by atoms with Gasteiger partial charge in [-0.3, -0.25) is 4.79 Å². The van der Waals surface area contributed by atoms with Gasteiger partial charge in [0.25, 0.3) is 0 Å². The van der Waals surface area contributed by atoms with Crippen LogP contribution in [0.2, 0.25) is 0 Å². The van der Waals surface area contributed by atoms with Gasteiger partial charge in [-0.25, -0.2) is 0 Å². The number of carbonyl (C=O) groups is 1. The Morgan fingerprint density at radius 1 is 1.40 bits per heavy atom. The van der Waals surface area contributed by atoms with E-state index in [4.69, 9.17) is 5.73 Å². The highest BCUT2D eigenvalue weighted by Crippen LogP contribution is 2.17. The van der Waals surface area contributed by atoms with E-state index in [0.29, 0.717) is 23.7 Å². The second kappa shape index (κ2) is 8.59. The van der Waals surface area contributed by atoms with E-state index in [1.54, 1.807) is 6.07 Å². The van der Waals surface area contributed by atoms with Crippen molar-refractivity contribution < 1.29 is 4.79 Å². The minimum Gasteiger partial charge on any atom is -0.397 e. The second-order valence-electron chi connectivity index (χ2n) is 5.51. The summed E-state index contributed by atoms with van der Waals surface area (Å²) in [6.45, 7) is 6.49. The van der Waals surface area contributed by atoms with Gasteiger partial charge in [0.2, 0.25) is 5.91 Å². The van der Waals surface area contributed by atoms with Crippen LogP contribution in [0.5, 0.6) is 0 Å². The van der Waals surface area contributed by atoms with Crippen molar-refractivity contribution >= 4 is 17.3 Å². The number of hydrogen-bond donors (Lipinski definition) is 2. The Morgan fingerprint density at radius 3 is 2.75 bits per heavy atom. The van der Waals surface area contributed by atoms with E-state index in [1.165, 1.54) is 6.42 Å². The summed E-state index contributed by atoms with van der Waals surface area (Å²) in [5.41, 5.74) is 7.10. The Morgan fingerprint density at radius 2 is 2.10 bits per heavy atom. The molecule has 0 aliphatic carbocycles. The summed E-state index contributed by atoms with van der Waals surface area (Å²) in [7, 11) is 2.11. The average Bonchev–Trinajstić information content (AvgIpc) is 2.41. The Bertz CT molecular complexity index is 420. The maximum Gasteiger partial charge on any atom is 0.224 e. The molecule has 0 saturated heterocycles. The molecule has 1 aromatic rings. The molecule has 0 fully saturated rings. The fourth-order valence-corrected chi connectivity index (χ4v) is 2.09. The lowest BCUT2D eigenvalue weighted by Gasteiger charge is -2.20. The molecule has 20 heavy (non-hydrogen) atoms. The number of nitrogen functional groups attached to an aromatic ring is 1. The van der Waals surface area contributed by atoms with Crippen LogP contribution >= 0.6 is 0 Å². The van der Waals surface area contributed by atoms with Crippen LogP contribution in [0.1, 0.15) is 33.1 Å². The Balaban J connectivity index is 2.25. The molecule has 0 heterocycles. The summed E-state index contributed by atoms with van der Waals surface area (Å²) in [5, 5.41) is 2.85. The third-order valence-electron chi connectivity index (χ3n) is 3.50. The van der Waals surface area contributed by atoms with Crippen molar-refractivity contribution in [2.75, 3.05) is 31.2 Å². The Labute approximate surface area is 122 Å². The van der Waals surface area contributed by atoms with E-state index in [-0.39, 0.29) is 5.91 Å². The number of rotatable bonds is 8. The summed E-state index contributed by atoms with van der Waals surface area (Å²) in [6.07, 6.45) is 2.59. The largest absolute Gasteiger partial charge is 0.397 e. The molecule has 1 atom stereocenters. The lowest BCUT2D eigenvalue weighted by Crippen LogP contribution is -2.26. The molecular weight excluding hydrogens is 250 g/mol. The molecular formula is C16H27N3O. The van der Waals surface area contributed by atoms with Crippen LogP contribution in [-0.2, 0) is 4.79 Å². The first kappa shape index (κ1) is 16.5. The van der Waals surface area contributed by atoms with Crippen molar-refractivity contribution in [1.82, 2.24) is 4.90 Å². The molecule has 1 unspecified atom stereocenters. The highest BCUT2D eigenvalue weighted by Gasteiger charge is 2.07. The van der Waals surface area contributed by atoms with Crippen molar-refractivity contribution in [2.24, 2.45) is 5.92 Å². The zero-order valence-corrected chi connectivity index (χ0v) is 12.9. The summed E-state index contributed by atoms with van der Waals surface area (Å²) >= 11 is 0. The van der Waals surface area contributed by atoms with Crippen molar-refractivity contribution in [3.05, 3.63) is 24.3 Å². The van der Waals surface area contributed by atoms with E-state index < -0.39 is 0 Å². The lowest BCUT2D eigenvalue weighted by molar-refractivity contribution is -0.116. The number of anilines is 2. The van der Waals surface area contributed by atoms with E-state index >= 15 is 0 Å². The molecule has 0 radical (unpaired) electrons. The number of nitrogens with one attached hydrogen (secondary N) is 1. The van der Waals surface area contributed by atoms with Crippen LogP contribution in [0, 0.1) is 5.92 Å². The van der Waals surface area contributed by atoms with Crippen LogP contribution in [0.25, 0.3) is 0 Å². The predicted molar refractivity (Wildman–Crippen MR) is 85.7 cm³/mol. The first-order chi connectivity index (χ1) is 9.52. The normalized spacial score (nSPS) is 12.4. The molecule has 4 nitrogen and oxygen atoms in total. The number of carbonyl (C=O) groups excluding carboxylic acids is 1. The highest BCUT2D eigenvalue weighted by atomic mass is 16.1. The minimum absolute atomic E-state index is 0.0276. The van der Waals surface area contributed by atoms with E-state index in [2.05, 4.69) is 31.1 Å². The average molecular weight is 277 g/mol. The first-order valence-electron chi connectivity index (χ1n) is 7.35. The number of amides is 1. The summed E-state index contributed by atoms with van der Waals surface area (Å²) in [6, 6.07) is 7.33. The molecule has 0 bridgehead atoms. The lowest BCUT2D eigenvalue weighted by atomic mass is 10.1. The van der Waals surface area contributed by atoms with Gasteiger partial charge >= 0.3 is 0 Å². The molecule has 0 aromatic heterocycles. The van der Waals surface area contributed by atoms with Crippen LogP contribution < -0.4 is 11.1 Å². The molecule has 0 aliphatic heterocycles. The maximum absolute atomic E-state index is 11.8. The molecule has 0 spiro atoms. The monoisotopic (exact) mass is 277 g/mol. The van der Waals surface area contributed by atoms with Gasteiger partial charge < -0.3 is 16.0 Å². The zero-order chi connectivity index (χ0) is 15.0. The van der Waals surface area contributed by atoms with E-state index in [9.17, 15) is 4.79 Å². The van der Waals surface area contributed by atoms with Crippen molar-refractivity contribution in [1.29, 1.82) is 0 Å². The van der Waals surface area contributed by atoms with E-state index in [0.717, 1.165) is 19.5 Å². The van der Waals surface area contributed by atoms with Crippen molar-refractivity contribution in [3.8, 4) is 0 Å². The fourth-order valence-electron chi connectivity index (χ4n) is 2.09. The van der Waals surface area contributed by atoms with Gasteiger partial charge in [-0.05, 0) is 38.1 Å². The Hall–Kier alpha value is -1.55. The highest BCUT2D eigenvalue weighted by molar-refractivity contribution is 5.93. The van der Waals surface area contributed by atoms with Crippen LogP contribution in [0.4, 0.5) is 11.4 Å². The van der Waals surface area contributed by atoms with Crippen molar-refractivity contribution in [2.45, 2.75) is 33.1 Å². The van der Waals surface area contributed by atoms with Gasteiger partial charge in [-0.2, -0.15) is 0 Å². The SMILES string of the molecule is CCC(C)CN(C)CCCC(=O)Nc1ccccc1N. The van der Waals surface area contributed by atoms with Crippen LogP contribution in [0.3, 0.4) is 0 Å². The molecule has 1 amide bonds. The Kier molecular flexibility index (Phi) is 7.09. The number of hydrogen-bond acceptors (Lipinski definition) is 3. The predicted octanol–water partition coefficient (Wildman–Crippen LogP) is 2.97. The minimum atomic E-state index is 0.0276. The van der Waals surface area contributed by atoms with Gasteiger partial charge in [0.1, 0.15) is 0 Å². The molecule has 0 aliphatic rings. The summed E-state index contributed by atoms with van der Waals surface area (Å²) in [4.78, 5) is 14.1. The number of para-hydroxylation sites is 2. The maximum atomic E-state index is 11.8. The van der Waals surface area contributed by atoms with Gasteiger partial charge in [0, 0.05) is 13.0 Å². The van der Waals surface area contributed by atoms with Gasteiger partial charge in [0.05, 0.1) is 11.4 Å². The number of benzene rings is 1. The molecule has 3 N–H and O–H groups in total. The smallest absolute Gasteiger partial charge is 0.224 e. The van der Waals surface area contributed by atoms with Crippen LogP contribution in [0.15, 0.2) is 24.3 Å². The van der Waals surface area contributed by atoms with Crippen LogP contribution in [-0.4, -0.2) is 30.9 Å². The first-order valence-corrected chi connectivity index (χ1v) is 7.35. The standard InChI is InChI=1S/C16H27N3O/c1-4-13(2)12-19(3)11-7-10-16(20)18-15-9-6-5-8-14(15)17/h5-6,8-9,13H,4,7,10-12,17H2,1-3H3,(H,18,20). The third-order valence-corrected chi connectivity index (χ3v) is 3.50.